The second-order valence-electron chi connectivity index (χ2n) is 5.15. The Balaban J connectivity index is 2.97. The molecule has 0 aliphatic carbocycles. The van der Waals surface area contributed by atoms with Crippen molar-refractivity contribution in [3.63, 3.8) is 0 Å². The van der Waals surface area contributed by atoms with Crippen LogP contribution in [0.25, 0.3) is 0 Å². The SMILES string of the molecule is CCCn1cc(S(=O)(=O)N(C)CCN(C)C)cc1CO. The van der Waals surface area contributed by atoms with Gasteiger partial charge in [-0.1, -0.05) is 6.92 Å². The number of aliphatic hydroxyl groups is 1. The molecule has 0 bridgehead atoms. The Morgan fingerprint density at radius 2 is 1.90 bits per heavy atom. The second-order valence-corrected chi connectivity index (χ2v) is 7.19. The highest BCUT2D eigenvalue weighted by molar-refractivity contribution is 7.89. The van der Waals surface area contributed by atoms with E-state index in [-0.39, 0.29) is 11.5 Å². The highest BCUT2D eigenvalue weighted by Crippen LogP contribution is 2.18. The molecule has 7 heteroatoms. The van der Waals surface area contributed by atoms with Crippen molar-refractivity contribution in [2.75, 3.05) is 34.2 Å². The molecule has 0 radical (unpaired) electrons. The zero-order valence-electron chi connectivity index (χ0n) is 12.7. The molecule has 0 saturated carbocycles. The maximum Gasteiger partial charge on any atom is 0.244 e. The summed E-state index contributed by atoms with van der Waals surface area (Å²) < 4.78 is 28.0. The Bertz CT molecular complexity index is 523. The van der Waals surface area contributed by atoms with Crippen LogP contribution in [0.3, 0.4) is 0 Å². The molecule has 0 aromatic carbocycles. The van der Waals surface area contributed by atoms with Crippen molar-refractivity contribution in [1.82, 2.24) is 13.8 Å². The summed E-state index contributed by atoms with van der Waals surface area (Å²) in [4.78, 5) is 2.18. The average Bonchev–Trinajstić information content (AvgIpc) is 2.80. The number of sulfonamides is 1. The molecule has 0 unspecified atom stereocenters. The molecule has 6 nitrogen and oxygen atoms in total. The van der Waals surface area contributed by atoms with Crippen molar-refractivity contribution in [3.8, 4) is 0 Å². The molecule has 0 aliphatic heterocycles. The first-order valence-electron chi connectivity index (χ1n) is 6.74. The zero-order chi connectivity index (χ0) is 15.3. The average molecular weight is 303 g/mol. The number of aliphatic hydroxyl groups excluding tert-OH is 1. The lowest BCUT2D eigenvalue weighted by atomic mass is 10.4. The van der Waals surface area contributed by atoms with Crippen LogP contribution >= 0.6 is 0 Å². The predicted molar refractivity (Wildman–Crippen MR) is 79.0 cm³/mol. The van der Waals surface area contributed by atoms with Gasteiger partial charge in [-0.05, 0) is 26.6 Å². The lowest BCUT2D eigenvalue weighted by Gasteiger charge is -2.18. The van der Waals surface area contributed by atoms with E-state index >= 15 is 0 Å². The van der Waals surface area contributed by atoms with Crippen LogP contribution in [0, 0.1) is 0 Å². The third-order valence-electron chi connectivity index (χ3n) is 3.16. The van der Waals surface area contributed by atoms with Gasteiger partial charge in [0.15, 0.2) is 0 Å². The Labute approximate surface area is 121 Å². The molecule has 1 aromatic heterocycles. The van der Waals surface area contributed by atoms with Gasteiger partial charge < -0.3 is 14.6 Å². The number of aromatic nitrogens is 1. The lowest BCUT2D eigenvalue weighted by molar-refractivity contribution is 0.270. The maximum absolute atomic E-state index is 12.4. The van der Waals surface area contributed by atoms with Crippen LogP contribution < -0.4 is 0 Å². The molecule has 116 valence electrons. The van der Waals surface area contributed by atoms with Crippen molar-refractivity contribution in [3.05, 3.63) is 18.0 Å². The highest BCUT2D eigenvalue weighted by atomic mass is 32.2. The van der Waals surface area contributed by atoms with Crippen LogP contribution in [0.5, 0.6) is 0 Å². The maximum atomic E-state index is 12.4. The molecule has 1 heterocycles. The molecule has 20 heavy (non-hydrogen) atoms. The van der Waals surface area contributed by atoms with Gasteiger partial charge >= 0.3 is 0 Å². The van der Waals surface area contributed by atoms with Gasteiger partial charge in [0.1, 0.15) is 4.90 Å². The Hall–Kier alpha value is -0.890. The largest absolute Gasteiger partial charge is 0.390 e. The summed E-state index contributed by atoms with van der Waals surface area (Å²) in [5.74, 6) is 0. The van der Waals surface area contributed by atoms with Gasteiger partial charge in [0.2, 0.25) is 10.0 Å². The topological polar surface area (TPSA) is 65.8 Å². The minimum atomic E-state index is -3.49. The van der Waals surface area contributed by atoms with Gasteiger partial charge in [0.05, 0.1) is 6.61 Å². The fourth-order valence-corrected chi connectivity index (χ4v) is 3.12. The normalized spacial score (nSPS) is 12.6. The molecule has 0 spiro atoms. The zero-order valence-corrected chi connectivity index (χ0v) is 13.5. The van der Waals surface area contributed by atoms with Gasteiger partial charge in [-0.15, -0.1) is 0 Å². The lowest BCUT2D eigenvalue weighted by Crippen LogP contribution is -2.33. The molecule has 1 rings (SSSR count). The number of hydrogen-bond donors (Lipinski definition) is 1. The van der Waals surface area contributed by atoms with Crippen LogP contribution in [-0.4, -0.2) is 61.5 Å². The van der Waals surface area contributed by atoms with Crippen LogP contribution in [-0.2, 0) is 23.2 Å². The third-order valence-corrected chi connectivity index (χ3v) is 4.98. The predicted octanol–water partition coefficient (Wildman–Crippen LogP) is 0.572. The first kappa shape index (κ1) is 17.2. The first-order valence-corrected chi connectivity index (χ1v) is 8.18. The summed E-state index contributed by atoms with van der Waals surface area (Å²) >= 11 is 0. The van der Waals surface area contributed by atoms with Crippen molar-refractivity contribution in [2.24, 2.45) is 0 Å². The van der Waals surface area contributed by atoms with Crippen molar-refractivity contribution in [2.45, 2.75) is 31.4 Å². The summed E-state index contributed by atoms with van der Waals surface area (Å²) in [6.07, 6.45) is 2.49. The Kier molecular flexibility index (Phi) is 6.19. The van der Waals surface area contributed by atoms with E-state index in [4.69, 9.17) is 0 Å². The summed E-state index contributed by atoms with van der Waals surface area (Å²) in [5, 5.41) is 9.30. The van der Waals surface area contributed by atoms with Crippen molar-refractivity contribution >= 4 is 10.0 Å². The first-order chi connectivity index (χ1) is 9.32. The fraction of sp³-hybridized carbons (Fsp3) is 0.692. The fourth-order valence-electron chi connectivity index (χ4n) is 1.89. The minimum Gasteiger partial charge on any atom is -0.390 e. The highest BCUT2D eigenvalue weighted by Gasteiger charge is 2.23. The van der Waals surface area contributed by atoms with E-state index in [9.17, 15) is 13.5 Å². The van der Waals surface area contributed by atoms with Gasteiger partial charge in [0.25, 0.3) is 0 Å². The molecular formula is C13H25N3O3S. The molecule has 1 N–H and O–H groups in total. The van der Waals surface area contributed by atoms with E-state index < -0.39 is 10.0 Å². The van der Waals surface area contributed by atoms with Gasteiger partial charge in [0, 0.05) is 38.6 Å². The smallest absolute Gasteiger partial charge is 0.244 e. The second kappa shape index (κ2) is 7.21. The van der Waals surface area contributed by atoms with Crippen LogP contribution in [0.1, 0.15) is 19.0 Å². The van der Waals surface area contributed by atoms with Crippen LogP contribution in [0.4, 0.5) is 0 Å². The Morgan fingerprint density at radius 3 is 2.40 bits per heavy atom. The Morgan fingerprint density at radius 1 is 1.25 bits per heavy atom. The van der Waals surface area contributed by atoms with E-state index in [2.05, 4.69) is 0 Å². The minimum absolute atomic E-state index is 0.156. The number of aryl methyl sites for hydroxylation is 1. The van der Waals surface area contributed by atoms with Crippen LogP contribution in [0.2, 0.25) is 0 Å². The van der Waals surface area contributed by atoms with E-state index in [1.807, 2.05) is 25.9 Å². The van der Waals surface area contributed by atoms with E-state index in [1.54, 1.807) is 23.9 Å². The van der Waals surface area contributed by atoms with Gasteiger partial charge in [-0.2, -0.15) is 4.31 Å². The van der Waals surface area contributed by atoms with Crippen LogP contribution in [0.15, 0.2) is 17.2 Å². The molecule has 0 aliphatic rings. The molecule has 1 aromatic rings. The van der Waals surface area contributed by atoms with Gasteiger partial charge in [-0.3, -0.25) is 0 Å². The van der Waals surface area contributed by atoms with Crippen molar-refractivity contribution < 1.29 is 13.5 Å². The number of rotatable bonds is 8. The standard InChI is InChI=1S/C13H25N3O3S/c1-5-6-16-10-13(9-12(16)11-17)20(18,19)15(4)8-7-14(2)3/h9-10,17H,5-8,11H2,1-4H3. The molecular weight excluding hydrogens is 278 g/mol. The molecule has 0 atom stereocenters. The monoisotopic (exact) mass is 303 g/mol. The molecule has 0 fully saturated rings. The summed E-state index contributed by atoms with van der Waals surface area (Å²) in [6, 6.07) is 1.55. The van der Waals surface area contributed by atoms with E-state index in [1.165, 1.54) is 4.31 Å². The summed E-state index contributed by atoms with van der Waals surface area (Å²) in [6.45, 7) is 3.66. The molecule has 0 saturated heterocycles. The number of nitrogens with zero attached hydrogens (tertiary/aromatic N) is 3. The van der Waals surface area contributed by atoms with E-state index in [0.717, 1.165) is 6.42 Å². The van der Waals surface area contributed by atoms with E-state index in [0.29, 0.717) is 25.3 Å². The summed E-state index contributed by atoms with van der Waals surface area (Å²) in [5.41, 5.74) is 0.631. The quantitative estimate of drug-likeness (QED) is 0.762. The number of likely N-dealkylation sites (N-methyl/N-ethyl adjacent to an activating group) is 2. The van der Waals surface area contributed by atoms with Gasteiger partial charge in [-0.25, -0.2) is 8.42 Å². The molecule has 0 amide bonds. The number of hydrogen-bond acceptors (Lipinski definition) is 4. The van der Waals surface area contributed by atoms with Crippen molar-refractivity contribution in [1.29, 1.82) is 0 Å². The summed E-state index contributed by atoms with van der Waals surface area (Å²) in [7, 11) is 1.90. The third kappa shape index (κ3) is 4.05.